The van der Waals surface area contributed by atoms with Gasteiger partial charge in [-0.15, -0.1) is 0 Å². The van der Waals surface area contributed by atoms with Gasteiger partial charge in [0.05, 0.1) is 48.8 Å². The van der Waals surface area contributed by atoms with Crippen LogP contribution in [0.25, 0.3) is 10.9 Å². The third-order valence-corrected chi connectivity index (χ3v) is 8.14. The van der Waals surface area contributed by atoms with E-state index in [0.29, 0.717) is 72.7 Å². The topological polar surface area (TPSA) is 118 Å². The van der Waals surface area contributed by atoms with Crippen molar-refractivity contribution in [2.24, 2.45) is 11.8 Å². The number of fused-ring (bicyclic) bond motifs is 1. The summed E-state index contributed by atoms with van der Waals surface area (Å²) in [6.07, 6.45) is 7.92. The molecule has 10 nitrogen and oxygen atoms in total. The Labute approximate surface area is 261 Å². The predicted octanol–water partition coefficient (Wildman–Crippen LogP) is 5.19. The summed E-state index contributed by atoms with van der Waals surface area (Å²) in [7, 11) is 0. The van der Waals surface area contributed by atoms with Crippen LogP contribution in [-0.2, 0) is 14.3 Å². The first-order chi connectivity index (χ1) is 21.4. The molecule has 3 N–H and O–H groups in total. The molecular weight excluding hydrogens is 589 g/mol. The lowest BCUT2D eigenvalue weighted by molar-refractivity contribution is -0.111. The van der Waals surface area contributed by atoms with E-state index in [0.717, 1.165) is 32.4 Å². The highest BCUT2D eigenvalue weighted by Gasteiger charge is 2.32. The molecule has 1 amide bonds. The predicted molar refractivity (Wildman–Crippen MR) is 168 cm³/mol. The van der Waals surface area contributed by atoms with Gasteiger partial charge in [-0.05, 0) is 43.0 Å². The van der Waals surface area contributed by atoms with E-state index in [2.05, 4.69) is 32.4 Å². The number of nitrogens with zero attached hydrogens (tertiary/aromatic N) is 3. The molecule has 2 saturated heterocycles. The van der Waals surface area contributed by atoms with Crippen molar-refractivity contribution in [3.8, 4) is 5.75 Å². The van der Waals surface area contributed by atoms with Crippen LogP contribution in [0.2, 0.25) is 5.02 Å². The maximum absolute atomic E-state index is 13.7. The van der Waals surface area contributed by atoms with Crippen molar-refractivity contribution >= 4 is 45.6 Å². The van der Waals surface area contributed by atoms with Gasteiger partial charge in [-0.2, -0.15) is 0 Å². The number of ether oxygens (including phenoxy) is 3. The maximum atomic E-state index is 13.7. The van der Waals surface area contributed by atoms with E-state index in [9.17, 15) is 9.18 Å². The van der Waals surface area contributed by atoms with Crippen LogP contribution in [0.4, 0.5) is 21.6 Å². The van der Waals surface area contributed by atoms with Crippen molar-refractivity contribution in [2.45, 2.75) is 32.3 Å². The van der Waals surface area contributed by atoms with Crippen LogP contribution in [0.15, 0.2) is 48.8 Å². The lowest BCUT2D eigenvalue weighted by atomic mass is 10.0. The normalized spacial score (nSPS) is 20.5. The van der Waals surface area contributed by atoms with Gasteiger partial charge >= 0.3 is 0 Å². The fourth-order valence-corrected chi connectivity index (χ4v) is 5.81. The second-order valence-electron chi connectivity index (χ2n) is 11.2. The van der Waals surface area contributed by atoms with Crippen LogP contribution < -0.4 is 15.4 Å². The molecular formula is C32H39ClFN5O5. The van der Waals surface area contributed by atoms with Gasteiger partial charge in [-0.3, -0.25) is 9.69 Å². The largest absolute Gasteiger partial charge is 0.491 e. The number of aromatic nitrogens is 2. The molecule has 1 aromatic heterocycles. The molecule has 236 valence electrons. The Morgan fingerprint density at radius 1 is 1.27 bits per heavy atom. The number of hydrogen-bond acceptors (Lipinski definition) is 9. The third kappa shape index (κ3) is 8.42. The Morgan fingerprint density at radius 3 is 2.93 bits per heavy atom. The van der Waals surface area contributed by atoms with E-state index >= 15 is 0 Å². The fourth-order valence-electron chi connectivity index (χ4n) is 5.63. The van der Waals surface area contributed by atoms with E-state index in [1.807, 2.05) is 6.08 Å². The van der Waals surface area contributed by atoms with Crippen molar-refractivity contribution < 1.29 is 28.5 Å². The number of nitrogens with one attached hydrogen (secondary N) is 2. The Hall–Kier alpha value is -3.35. The van der Waals surface area contributed by atoms with Crippen molar-refractivity contribution in [2.75, 3.05) is 63.3 Å². The molecule has 0 bridgehead atoms. The molecule has 1 unspecified atom stereocenters. The number of likely N-dealkylation sites (tertiary alicyclic amines) is 1. The van der Waals surface area contributed by atoms with Gasteiger partial charge < -0.3 is 30.0 Å². The smallest absolute Gasteiger partial charge is 0.248 e. The molecule has 5 rings (SSSR count). The number of aliphatic hydroxyl groups is 1. The quantitative estimate of drug-likeness (QED) is 0.208. The number of amides is 1. The maximum Gasteiger partial charge on any atom is 0.248 e. The molecule has 2 aromatic carbocycles. The number of rotatable bonds is 14. The molecule has 3 aromatic rings. The number of benzene rings is 2. The van der Waals surface area contributed by atoms with Crippen molar-refractivity contribution in [3.63, 3.8) is 0 Å². The first-order valence-corrected chi connectivity index (χ1v) is 15.4. The highest BCUT2D eigenvalue weighted by molar-refractivity contribution is 6.31. The number of carbonyl (C=O) groups excluding carboxylic acids is 1. The molecule has 3 atom stereocenters. The summed E-state index contributed by atoms with van der Waals surface area (Å²) in [5, 5.41) is 15.9. The monoisotopic (exact) mass is 627 g/mol. The van der Waals surface area contributed by atoms with E-state index in [-0.39, 0.29) is 29.6 Å². The lowest BCUT2D eigenvalue weighted by Crippen LogP contribution is -2.25. The molecule has 0 spiro atoms. The van der Waals surface area contributed by atoms with Gasteiger partial charge in [0, 0.05) is 55.4 Å². The minimum absolute atomic E-state index is 0.00853. The molecule has 3 heterocycles. The first-order valence-electron chi connectivity index (χ1n) is 15.1. The standard InChI is InChI=1S/C32H39ClFN5O5/c1-2-4-22-16-39(17-30(22)43-12-10-40)9-3-5-31(41)38-28-14-24-27(15-29(28)44-19-21-8-11-42-18-21)35-20-36-32(24)37-23-6-7-26(34)25(33)13-23/h3,5-7,13-15,20-22,30,40H,2,4,8-12,16-19H2,1H3,(H,38,41)(H,35,36,37)/b5-3+/t21-,22?,30-/m0/s1. The summed E-state index contributed by atoms with van der Waals surface area (Å²) in [5.74, 6) is 0.819. The minimum atomic E-state index is -0.516. The summed E-state index contributed by atoms with van der Waals surface area (Å²) in [6, 6.07) is 7.87. The van der Waals surface area contributed by atoms with Crippen LogP contribution in [0.5, 0.6) is 5.75 Å². The summed E-state index contributed by atoms with van der Waals surface area (Å²) in [6.45, 7) is 6.55. The number of carbonyl (C=O) groups is 1. The Morgan fingerprint density at radius 2 is 2.16 bits per heavy atom. The minimum Gasteiger partial charge on any atom is -0.491 e. The van der Waals surface area contributed by atoms with Crippen molar-refractivity contribution in [1.29, 1.82) is 0 Å². The van der Waals surface area contributed by atoms with Crippen LogP contribution in [0, 0.1) is 17.7 Å². The SMILES string of the molecule is CCCC1CN(C/C=C/C(=O)Nc2cc3c(Nc4ccc(F)c(Cl)c4)ncnc3cc2OC[C@H]2CCOC2)C[C@@H]1OCCO. The van der Waals surface area contributed by atoms with Gasteiger partial charge in [0.25, 0.3) is 0 Å². The number of aliphatic hydroxyl groups excluding tert-OH is 1. The summed E-state index contributed by atoms with van der Waals surface area (Å²) < 4.78 is 31.2. The van der Waals surface area contributed by atoms with Crippen LogP contribution in [0.3, 0.4) is 0 Å². The van der Waals surface area contributed by atoms with Crippen LogP contribution in [0.1, 0.15) is 26.2 Å². The highest BCUT2D eigenvalue weighted by atomic mass is 35.5. The van der Waals surface area contributed by atoms with E-state index in [4.69, 9.17) is 30.9 Å². The van der Waals surface area contributed by atoms with E-state index < -0.39 is 5.82 Å². The zero-order chi connectivity index (χ0) is 30.9. The van der Waals surface area contributed by atoms with Gasteiger partial charge in [0.15, 0.2) is 0 Å². The Balaban J connectivity index is 1.32. The first kappa shape index (κ1) is 32.1. The molecule has 12 heteroatoms. The summed E-state index contributed by atoms with van der Waals surface area (Å²) in [5.41, 5.74) is 1.64. The summed E-state index contributed by atoms with van der Waals surface area (Å²) >= 11 is 5.98. The Kier molecular flexibility index (Phi) is 11.4. The average Bonchev–Trinajstić information content (AvgIpc) is 3.67. The molecule has 44 heavy (non-hydrogen) atoms. The van der Waals surface area contributed by atoms with Crippen molar-refractivity contribution in [3.05, 3.63) is 59.7 Å². The van der Waals surface area contributed by atoms with Crippen molar-refractivity contribution in [1.82, 2.24) is 14.9 Å². The fraction of sp³-hybridized carbons (Fsp3) is 0.469. The second-order valence-corrected chi connectivity index (χ2v) is 11.6. The van der Waals surface area contributed by atoms with Crippen LogP contribution in [-0.4, -0.2) is 84.7 Å². The van der Waals surface area contributed by atoms with Gasteiger partial charge in [-0.25, -0.2) is 14.4 Å². The number of halogens is 2. The molecule has 0 saturated carbocycles. The highest BCUT2D eigenvalue weighted by Crippen LogP contribution is 2.34. The zero-order valence-electron chi connectivity index (χ0n) is 24.8. The summed E-state index contributed by atoms with van der Waals surface area (Å²) in [4.78, 5) is 24.2. The number of hydrogen-bond donors (Lipinski definition) is 3. The second kappa shape index (κ2) is 15.6. The van der Waals surface area contributed by atoms with Gasteiger partial charge in [0.2, 0.25) is 5.91 Å². The Bertz CT molecular complexity index is 1450. The zero-order valence-corrected chi connectivity index (χ0v) is 25.6. The number of anilines is 3. The third-order valence-electron chi connectivity index (χ3n) is 7.85. The molecule has 0 aliphatic carbocycles. The average molecular weight is 628 g/mol. The molecule has 2 aliphatic heterocycles. The van der Waals surface area contributed by atoms with Gasteiger partial charge in [-0.1, -0.05) is 31.0 Å². The van der Waals surface area contributed by atoms with Crippen LogP contribution >= 0.6 is 11.6 Å². The lowest BCUT2D eigenvalue weighted by Gasteiger charge is -2.17. The van der Waals surface area contributed by atoms with E-state index in [1.54, 1.807) is 18.2 Å². The molecule has 2 fully saturated rings. The van der Waals surface area contributed by atoms with E-state index in [1.165, 1.54) is 24.5 Å². The van der Waals surface area contributed by atoms with Gasteiger partial charge in [0.1, 0.15) is 23.7 Å². The molecule has 2 aliphatic rings. The molecule has 0 radical (unpaired) electrons.